The molecule has 6 nitrogen and oxygen atoms in total. The first kappa shape index (κ1) is 24.1. The van der Waals surface area contributed by atoms with Crippen LogP contribution in [0.2, 0.25) is 0 Å². The van der Waals surface area contributed by atoms with Gasteiger partial charge in [0.25, 0.3) is 5.56 Å². The van der Waals surface area contributed by atoms with E-state index in [1.807, 2.05) is 31.2 Å². The summed E-state index contributed by atoms with van der Waals surface area (Å²) in [5.74, 6) is -0.210. The fourth-order valence-corrected chi connectivity index (χ4v) is 6.11. The number of fused-ring (bicyclic) bond motifs is 1. The first-order valence-corrected chi connectivity index (χ1v) is 12.0. The van der Waals surface area contributed by atoms with Gasteiger partial charge in [0.1, 0.15) is 0 Å². The third-order valence-corrected chi connectivity index (χ3v) is 8.08. The molecule has 1 unspecified atom stereocenters. The molecule has 2 aliphatic carbocycles. The molecule has 1 aromatic carbocycles. The molecule has 0 amide bonds. The van der Waals surface area contributed by atoms with E-state index in [0.29, 0.717) is 17.7 Å². The van der Waals surface area contributed by atoms with Crippen molar-refractivity contribution in [3.05, 3.63) is 63.5 Å². The molecule has 4 rings (SSSR count). The number of benzene rings is 1. The van der Waals surface area contributed by atoms with Crippen molar-refractivity contribution < 1.29 is 14.3 Å². The van der Waals surface area contributed by atoms with Gasteiger partial charge < -0.3 is 4.74 Å². The van der Waals surface area contributed by atoms with Gasteiger partial charge >= 0.3 is 5.97 Å². The van der Waals surface area contributed by atoms with Gasteiger partial charge in [-0.05, 0) is 48.2 Å². The van der Waals surface area contributed by atoms with Crippen molar-refractivity contribution in [2.75, 3.05) is 7.11 Å². The number of ketones is 1. The highest BCUT2D eigenvalue weighted by molar-refractivity contribution is 5.98. The van der Waals surface area contributed by atoms with Gasteiger partial charge in [0.15, 0.2) is 5.78 Å². The number of methoxy groups -OCH3 is 1. The maximum absolute atomic E-state index is 13.5. The van der Waals surface area contributed by atoms with Crippen LogP contribution in [-0.4, -0.2) is 28.6 Å². The summed E-state index contributed by atoms with van der Waals surface area (Å²) in [7, 11) is 1.37. The summed E-state index contributed by atoms with van der Waals surface area (Å²) in [5, 5.41) is 4.59. The molecule has 34 heavy (non-hydrogen) atoms. The van der Waals surface area contributed by atoms with Crippen LogP contribution in [0.1, 0.15) is 58.4 Å². The lowest BCUT2D eigenvalue weighted by Crippen LogP contribution is -2.48. The Morgan fingerprint density at radius 3 is 2.47 bits per heavy atom. The summed E-state index contributed by atoms with van der Waals surface area (Å²) in [5.41, 5.74) is 3.50. The predicted octanol–water partition coefficient (Wildman–Crippen LogP) is 4.88. The van der Waals surface area contributed by atoms with E-state index in [4.69, 9.17) is 4.74 Å². The van der Waals surface area contributed by atoms with Gasteiger partial charge in [-0.2, -0.15) is 5.10 Å². The Hall–Kier alpha value is -3.02. The molecule has 0 spiro atoms. The third kappa shape index (κ3) is 4.38. The molecule has 1 heterocycles. The van der Waals surface area contributed by atoms with Crippen LogP contribution in [0.4, 0.5) is 0 Å². The Morgan fingerprint density at radius 1 is 1.09 bits per heavy atom. The lowest BCUT2D eigenvalue weighted by Gasteiger charge is -2.54. The van der Waals surface area contributed by atoms with Crippen molar-refractivity contribution in [1.82, 2.24) is 9.78 Å². The summed E-state index contributed by atoms with van der Waals surface area (Å²) in [6, 6.07) is 11.1. The van der Waals surface area contributed by atoms with Gasteiger partial charge in [0.05, 0.1) is 25.8 Å². The van der Waals surface area contributed by atoms with Crippen LogP contribution in [0.25, 0.3) is 11.3 Å². The zero-order valence-electron chi connectivity index (χ0n) is 20.8. The lowest BCUT2D eigenvalue weighted by molar-refractivity contribution is -0.140. The van der Waals surface area contributed by atoms with Crippen LogP contribution in [0.15, 0.2) is 52.3 Å². The average molecular weight is 463 g/mol. The van der Waals surface area contributed by atoms with Gasteiger partial charge in [0, 0.05) is 23.6 Å². The van der Waals surface area contributed by atoms with E-state index in [1.54, 1.807) is 6.07 Å². The number of hydrogen-bond donors (Lipinski definition) is 0. The highest BCUT2D eigenvalue weighted by Gasteiger charge is 2.53. The minimum atomic E-state index is -0.362. The molecule has 1 aromatic heterocycles. The molecular weight excluding hydrogens is 428 g/mol. The number of aromatic nitrogens is 2. The second-order valence-corrected chi connectivity index (χ2v) is 10.7. The van der Waals surface area contributed by atoms with Crippen LogP contribution >= 0.6 is 0 Å². The SMILES string of the molecule is COC(=O)CC1=C(Cn2nc(-c3ccc(C)cc3)ccc2=O)C(=O)CC2C(C)(C)CCC[C@]12C. The first-order chi connectivity index (χ1) is 16.0. The van der Waals surface area contributed by atoms with Gasteiger partial charge in [-0.1, -0.05) is 57.0 Å². The molecular formula is C28H34N2O4. The third-order valence-electron chi connectivity index (χ3n) is 8.08. The molecule has 1 fully saturated rings. The van der Waals surface area contributed by atoms with Gasteiger partial charge in [0.2, 0.25) is 0 Å². The molecule has 0 bridgehead atoms. The fraction of sp³-hybridized carbons (Fsp3) is 0.500. The molecule has 2 atom stereocenters. The predicted molar refractivity (Wildman–Crippen MR) is 131 cm³/mol. The molecule has 1 saturated carbocycles. The molecule has 2 aliphatic rings. The zero-order chi connectivity index (χ0) is 24.7. The number of esters is 1. The highest BCUT2D eigenvalue weighted by atomic mass is 16.5. The van der Waals surface area contributed by atoms with E-state index < -0.39 is 0 Å². The molecule has 0 N–H and O–H groups in total. The number of carbonyl (C=O) groups excluding carboxylic acids is 2. The van der Waals surface area contributed by atoms with Crippen LogP contribution in [-0.2, 0) is 20.9 Å². The number of nitrogens with zero attached hydrogens (tertiary/aromatic N) is 2. The van der Waals surface area contributed by atoms with E-state index in [1.165, 1.54) is 17.9 Å². The summed E-state index contributed by atoms with van der Waals surface area (Å²) >= 11 is 0. The van der Waals surface area contributed by atoms with E-state index in [-0.39, 0.29) is 47.0 Å². The summed E-state index contributed by atoms with van der Waals surface area (Å²) in [6.07, 6.45) is 3.49. The molecule has 0 aliphatic heterocycles. The minimum absolute atomic E-state index is 0.00396. The smallest absolute Gasteiger partial charge is 0.309 e. The standard InChI is InChI=1S/C28H34N2O4/c1-18-7-9-19(10-8-18)22-11-12-25(32)30(29-22)17-20-21(15-26(33)34-5)28(4)14-6-13-27(2,3)24(28)16-23(20)31/h7-12,24H,6,13-17H2,1-5H3/t24?,28-/m1/s1. The molecule has 0 radical (unpaired) electrons. The average Bonchev–Trinajstić information content (AvgIpc) is 2.79. The van der Waals surface area contributed by atoms with Crippen LogP contribution in [0, 0.1) is 23.7 Å². The molecule has 180 valence electrons. The quantitative estimate of drug-likeness (QED) is 0.592. The Morgan fingerprint density at radius 2 is 1.79 bits per heavy atom. The highest BCUT2D eigenvalue weighted by Crippen LogP contribution is 2.59. The van der Waals surface area contributed by atoms with Crippen molar-refractivity contribution >= 4 is 11.8 Å². The number of hydrogen-bond acceptors (Lipinski definition) is 5. The first-order valence-electron chi connectivity index (χ1n) is 12.0. The number of Topliss-reactive ketones (excluding diaryl/α,β-unsaturated/α-hetero) is 1. The Kier molecular flexibility index (Phi) is 6.36. The van der Waals surface area contributed by atoms with Crippen molar-refractivity contribution in [3.63, 3.8) is 0 Å². The number of ether oxygens (including phenoxy) is 1. The topological polar surface area (TPSA) is 78.3 Å². The summed E-state index contributed by atoms with van der Waals surface area (Å²) < 4.78 is 6.36. The van der Waals surface area contributed by atoms with Crippen LogP contribution in [0.3, 0.4) is 0 Å². The van der Waals surface area contributed by atoms with Crippen LogP contribution in [0.5, 0.6) is 0 Å². The van der Waals surface area contributed by atoms with Crippen molar-refractivity contribution in [3.8, 4) is 11.3 Å². The van der Waals surface area contributed by atoms with Crippen LogP contribution < -0.4 is 5.56 Å². The molecule has 6 heteroatoms. The van der Waals surface area contributed by atoms with E-state index >= 15 is 0 Å². The second-order valence-electron chi connectivity index (χ2n) is 10.7. The Bertz CT molecular complexity index is 1210. The van der Waals surface area contributed by atoms with Crippen molar-refractivity contribution in [2.45, 2.75) is 66.3 Å². The van der Waals surface area contributed by atoms with Gasteiger partial charge in [-0.3, -0.25) is 14.4 Å². The van der Waals surface area contributed by atoms with E-state index in [9.17, 15) is 14.4 Å². The number of carbonyl (C=O) groups is 2. The van der Waals surface area contributed by atoms with Crippen molar-refractivity contribution in [2.24, 2.45) is 16.7 Å². The normalized spacial score (nSPS) is 24.0. The van der Waals surface area contributed by atoms with Gasteiger partial charge in [-0.15, -0.1) is 0 Å². The second kappa shape index (κ2) is 8.97. The minimum Gasteiger partial charge on any atom is -0.469 e. The Balaban J connectivity index is 1.81. The monoisotopic (exact) mass is 462 g/mol. The van der Waals surface area contributed by atoms with E-state index in [0.717, 1.165) is 36.0 Å². The lowest BCUT2D eigenvalue weighted by atomic mass is 9.49. The molecule has 0 saturated heterocycles. The maximum Gasteiger partial charge on any atom is 0.309 e. The van der Waals surface area contributed by atoms with E-state index in [2.05, 4.69) is 25.9 Å². The fourth-order valence-electron chi connectivity index (χ4n) is 6.11. The van der Waals surface area contributed by atoms with Gasteiger partial charge in [-0.25, -0.2) is 4.68 Å². The number of rotatable bonds is 5. The summed E-state index contributed by atoms with van der Waals surface area (Å²) in [6.45, 7) is 8.71. The summed E-state index contributed by atoms with van der Waals surface area (Å²) in [4.78, 5) is 38.7. The molecule has 2 aromatic rings. The largest absolute Gasteiger partial charge is 0.469 e. The Labute approximate surface area is 201 Å². The number of allylic oxidation sites excluding steroid dienone is 1. The maximum atomic E-state index is 13.5. The van der Waals surface area contributed by atoms with Crippen molar-refractivity contribution in [1.29, 1.82) is 0 Å². The number of aryl methyl sites for hydroxylation is 1. The zero-order valence-corrected chi connectivity index (χ0v) is 20.8.